The average molecular weight is 450 g/mol. The number of fused-ring (bicyclic) bond motifs is 1. The van der Waals surface area contributed by atoms with E-state index in [1.807, 2.05) is 42.2 Å². The Hall–Kier alpha value is -3.32. The molecule has 1 N–H and O–H groups in total. The first-order valence-electron chi connectivity index (χ1n) is 10.7. The van der Waals surface area contributed by atoms with Crippen LogP contribution in [0.5, 0.6) is 0 Å². The predicted octanol–water partition coefficient (Wildman–Crippen LogP) is 4.51. The number of carbonyl (C=O) groups excluding carboxylic acids is 2. The monoisotopic (exact) mass is 449 g/mol. The van der Waals surface area contributed by atoms with Crippen molar-refractivity contribution < 1.29 is 9.59 Å². The molecule has 8 heteroatoms. The van der Waals surface area contributed by atoms with Crippen LogP contribution in [0.2, 0.25) is 5.02 Å². The molecule has 32 heavy (non-hydrogen) atoms. The van der Waals surface area contributed by atoms with Crippen LogP contribution < -0.4 is 5.32 Å². The van der Waals surface area contributed by atoms with Crippen LogP contribution in [0.4, 0.5) is 10.5 Å². The van der Waals surface area contributed by atoms with Gasteiger partial charge in [0.2, 0.25) is 0 Å². The van der Waals surface area contributed by atoms with Crippen LogP contribution in [0.3, 0.4) is 0 Å². The number of halogens is 1. The number of urea groups is 1. The van der Waals surface area contributed by atoms with Crippen LogP contribution in [-0.2, 0) is 0 Å². The molecule has 2 aliphatic heterocycles. The summed E-state index contributed by atoms with van der Waals surface area (Å²) in [6.45, 7) is 5.87. The van der Waals surface area contributed by atoms with E-state index in [9.17, 15) is 9.59 Å². The molecule has 1 saturated heterocycles. The second kappa shape index (κ2) is 7.98. The molecular formula is C24H24ClN5O2. The van der Waals surface area contributed by atoms with Gasteiger partial charge in [-0.05, 0) is 50.2 Å². The Labute approximate surface area is 191 Å². The summed E-state index contributed by atoms with van der Waals surface area (Å²) in [5, 5.41) is 8.14. The van der Waals surface area contributed by atoms with Crippen molar-refractivity contribution in [1.29, 1.82) is 0 Å². The lowest BCUT2D eigenvalue weighted by atomic mass is 9.99. The molecule has 0 bridgehead atoms. The smallest absolute Gasteiger partial charge is 0.321 e. The summed E-state index contributed by atoms with van der Waals surface area (Å²) >= 11 is 5.89. The van der Waals surface area contributed by atoms with E-state index in [4.69, 9.17) is 11.6 Å². The number of aromatic nitrogens is 2. The lowest BCUT2D eigenvalue weighted by molar-refractivity contribution is 0.0568. The van der Waals surface area contributed by atoms with E-state index in [0.29, 0.717) is 36.0 Å². The zero-order valence-electron chi connectivity index (χ0n) is 18.0. The number of hydrogen-bond acceptors (Lipinski definition) is 3. The molecule has 1 unspecified atom stereocenters. The van der Waals surface area contributed by atoms with Gasteiger partial charge in [-0.25, -0.2) is 9.48 Å². The zero-order valence-corrected chi connectivity index (χ0v) is 18.7. The molecule has 2 aromatic carbocycles. The SMILES string of the molecule is Cc1nn(-c2ccccc2)c2c1C(C)N(CC1CN(C(=O)Nc3ccc(Cl)cc3)C1)C2=O. The van der Waals surface area contributed by atoms with Crippen LogP contribution in [-0.4, -0.2) is 51.2 Å². The van der Waals surface area contributed by atoms with Gasteiger partial charge in [-0.1, -0.05) is 29.8 Å². The Bertz CT molecular complexity index is 1170. The Kier molecular flexibility index (Phi) is 5.13. The molecule has 1 atom stereocenters. The number of benzene rings is 2. The molecule has 3 heterocycles. The minimum atomic E-state index is -0.136. The molecule has 7 nitrogen and oxygen atoms in total. The molecular weight excluding hydrogens is 426 g/mol. The fourth-order valence-corrected chi connectivity index (χ4v) is 4.70. The highest BCUT2D eigenvalue weighted by atomic mass is 35.5. The third-order valence-corrected chi connectivity index (χ3v) is 6.50. The molecule has 5 rings (SSSR count). The molecule has 1 aromatic heterocycles. The van der Waals surface area contributed by atoms with Gasteiger partial charge in [0.15, 0.2) is 0 Å². The van der Waals surface area contributed by atoms with Crippen LogP contribution >= 0.6 is 11.6 Å². The molecule has 3 aromatic rings. The number of amides is 3. The second-order valence-electron chi connectivity index (χ2n) is 8.44. The van der Waals surface area contributed by atoms with Crippen molar-refractivity contribution >= 4 is 29.2 Å². The Morgan fingerprint density at radius 2 is 1.81 bits per heavy atom. The molecule has 3 amide bonds. The first-order valence-corrected chi connectivity index (χ1v) is 11.1. The van der Waals surface area contributed by atoms with Gasteiger partial charge >= 0.3 is 6.03 Å². The van der Waals surface area contributed by atoms with Crippen molar-refractivity contribution in [2.24, 2.45) is 5.92 Å². The number of nitrogens with zero attached hydrogens (tertiary/aromatic N) is 4. The highest BCUT2D eigenvalue weighted by Crippen LogP contribution is 2.38. The summed E-state index contributed by atoms with van der Waals surface area (Å²) in [6, 6.07) is 16.6. The predicted molar refractivity (Wildman–Crippen MR) is 123 cm³/mol. The van der Waals surface area contributed by atoms with Gasteiger partial charge in [0, 0.05) is 41.8 Å². The van der Waals surface area contributed by atoms with Crippen LogP contribution in [0, 0.1) is 12.8 Å². The van der Waals surface area contributed by atoms with Crippen LogP contribution in [0.1, 0.15) is 34.7 Å². The van der Waals surface area contributed by atoms with Gasteiger partial charge < -0.3 is 15.1 Å². The third kappa shape index (κ3) is 3.52. The number of rotatable bonds is 4. The van der Waals surface area contributed by atoms with Gasteiger partial charge in [0.1, 0.15) is 5.69 Å². The first kappa shape index (κ1) is 20.6. The largest absolute Gasteiger partial charge is 0.330 e. The normalized spacial score (nSPS) is 18.0. The van der Waals surface area contributed by atoms with Gasteiger partial charge in [-0.3, -0.25) is 4.79 Å². The summed E-state index contributed by atoms with van der Waals surface area (Å²) in [4.78, 5) is 29.5. The minimum Gasteiger partial charge on any atom is -0.330 e. The lowest BCUT2D eigenvalue weighted by Crippen LogP contribution is -2.55. The second-order valence-corrected chi connectivity index (χ2v) is 8.87. The van der Waals surface area contributed by atoms with E-state index in [2.05, 4.69) is 17.3 Å². The molecule has 0 radical (unpaired) electrons. The van der Waals surface area contributed by atoms with Gasteiger partial charge in [-0.15, -0.1) is 0 Å². The van der Waals surface area contributed by atoms with E-state index in [0.717, 1.165) is 16.9 Å². The van der Waals surface area contributed by atoms with Gasteiger partial charge in [-0.2, -0.15) is 5.10 Å². The number of hydrogen-bond donors (Lipinski definition) is 1. The lowest BCUT2D eigenvalue weighted by Gasteiger charge is -2.41. The fourth-order valence-electron chi connectivity index (χ4n) is 4.58. The van der Waals surface area contributed by atoms with Crippen molar-refractivity contribution in [1.82, 2.24) is 19.6 Å². The van der Waals surface area contributed by atoms with E-state index >= 15 is 0 Å². The number of nitrogens with one attached hydrogen (secondary N) is 1. The Morgan fingerprint density at radius 1 is 1.12 bits per heavy atom. The Balaban J connectivity index is 1.24. The summed E-state index contributed by atoms with van der Waals surface area (Å²) in [5.74, 6) is 0.251. The molecule has 164 valence electrons. The van der Waals surface area contributed by atoms with E-state index in [1.54, 1.807) is 33.8 Å². The fraction of sp³-hybridized carbons (Fsp3) is 0.292. The quantitative estimate of drug-likeness (QED) is 0.636. The van der Waals surface area contributed by atoms with Crippen molar-refractivity contribution in [2.45, 2.75) is 19.9 Å². The van der Waals surface area contributed by atoms with Crippen molar-refractivity contribution in [3.8, 4) is 5.69 Å². The minimum absolute atomic E-state index is 0.000943. The molecule has 0 aliphatic carbocycles. The molecule has 0 spiro atoms. The number of para-hydroxylation sites is 1. The molecule has 0 saturated carbocycles. The number of anilines is 1. The standard InChI is InChI=1S/C24H24ClN5O2/c1-15-21-16(2)29(23(31)22(21)30(27-15)20-6-4-3-5-7-20)14-17-12-28(13-17)24(32)26-19-10-8-18(25)9-11-19/h3-11,16-17H,12-14H2,1-2H3,(H,26,32). The van der Waals surface area contributed by atoms with E-state index in [1.165, 1.54) is 0 Å². The van der Waals surface area contributed by atoms with Crippen molar-refractivity contribution in [2.75, 3.05) is 25.0 Å². The number of likely N-dealkylation sites (tertiary alicyclic amines) is 1. The van der Waals surface area contributed by atoms with Crippen LogP contribution in [0.15, 0.2) is 54.6 Å². The summed E-state index contributed by atoms with van der Waals surface area (Å²) in [5.41, 5.74) is 4.12. The maximum absolute atomic E-state index is 13.3. The topological polar surface area (TPSA) is 70.5 Å². The molecule has 1 fully saturated rings. The van der Waals surface area contributed by atoms with E-state index in [-0.39, 0.29) is 23.9 Å². The van der Waals surface area contributed by atoms with Crippen LogP contribution in [0.25, 0.3) is 5.69 Å². The summed E-state index contributed by atoms with van der Waals surface area (Å²) in [6.07, 6.45) is 0. The summed E-state index contributed by atoms with van der Waals surface area (Å²) < 4.78 is 1.76. The van der Waals surface area contributed by atoms with Crippen molar-refractivity contribution in [3.63, 3.8) is 0 Å². The van der Waals surface area contributed by atoms with E-state index < -0.39 is 0 Å². The summed E-state index contributed by atoms with van der Waals surface area (Å²) in [7, 11) is 0. The number of carbonyl (C=O) groups is 2. The highest BCUT2D eigenvalue weighted by molar-refractivity contribution is 6.30. The van der Waals surface area contributed by atoms with Gasteiger partial charge in [0.05, 0.1) is 17.4 Å². The van der Waals surface area contributed by atoms with Gasteiger partial charge in [0.25, 0.3) is 5.91 Å². The van der Waals surface area contributed by atoms with Crippen molar-refractivity contribution in [3.05, 3.63) is 76.6 Å². The maximum atomic E-state index is 13.3. The third-order valence-electron chi connectivity index (χ3n) is 6.25. The zero-order chi connectivity index (χ0) is 22.4. The molecule has 2 aliphatic rings. The number of aryl methyl sites for hydroxylation is 1. The first-order chi connectivity index (χ1) is 15.4. The maximum Gasteiger partial charge on any atom is 0.321 e. The Morgan fingerprint density at radius 3 is 2.50 bits per heavy atom. The highest BCUT2D eigenvalue weighted by Gasteiger charge is 2.42. The average Bonchev–Trinajstić information content (AvgIpc) is 3.23.